The first kappa shape index (κ1) is 16.0. The van der Waals surface area contributed by atoms with Crippen LogP contribution in [0.3, 0.4) is 0 Å². The molecule has 0 aromatic heterocycles. The van der Waals surface area contributed by atoms with Gasteiger partial charge in [-0.25, -0.2) is 0 Å². The second-order valence-corrected chi connectivity index (χ2v) is 5.44. The van der Waals surface area contributed by atoms with Crippen molar-refractivity contribution in [3.8, 4) is 0 Å². The van der Waals surface area contributed by atoms with Crippen LogP contribution in [0.1, 0.15) is 46.5 Å². The second-order valence-electron chi connectivity index (χ2n) is 5.44. The van der Waals surface area contributed by atoms with Gasteiger partial charge < -0.3 is 14.7 Å². The highest BCUT2D eigenvalue weighted by Gasteiger charge is 2.34. The topological polar surface area (TPSA) is 66.8 Å². The molecule has 1 aliphatic heterocycles. The first-order valence-corrected chi connectivity index (χ1v) is 7.07. The van der Waals surface area contributed by atoms with Crippen molar-refractivity contribution in [1.82, 2.24) is 4.90 Å². The summed E-state index contributed by atoms with van der Waals surface area (Å²) in [6.45, 7) is 7.02. The Balaban J connectivity index is 2.40. The normalized spacial score (nSPS) is 23.7. The second kappa shape index (κ2) is 7.48. The number of rotatable bonds is 6. The molecule has 1 heterocycles. The van der Waals surface area contributed by atoms with Gasteiger partial charge in [-0.05, 0) is 40.0 Å². The number of nitrogens with zero attached hydrogens (tertiary/aromatic N) is 1. The fourth-order valence-electron chi connectivity index (χ4n) is 2.51. The maximum atomic E-state index is 12.1. The summed E-state index contributed by atoms with van der Waals surface area (Å²) in [5, 5.41) is 9.13. The predicted molar refractivity (Wildman–Crippen MR) is 71.9 cm³/mol. The molecule has 1 N–H and O–H groups in total. The average molecular weight is 271 g/mol. The highest BCUT2D eigenvalue weighted by molar-refractivity contribution is 5.78. The van der Waals surface area contributed by atoms with Gasteiger partial charge in [0.05, 0.1) is 12.0 Å². The number of amides is 1. The zero-order valence-electron chi connectivity index (χ0n) is 12.1. The number of ether oxygens (including phenoxy) is 1. The Hall–Kier alpha value is -1.10. The van der Waals surface area contributed by atoms with Gasteiger partial charge in [-0.1, -0.05) is 0 Å². The molecule has 5 nitrogen and oxygen atoms in total. The van der Waals surface area contributed by atoms with Crippen LogP contribution >= 0.6 is 0 Å². The van der Waals surface area contributed by atoms with Crippen molar-refractivity contribution < 1.29 is 19.4 Å². The molecule has 1 saturated heterocycles. The fourth-order valence-corrected chi connectivity index (χ4v) is 2.51. The fraction of sp³-hybridized carbons (Fsp3) is 0.857. The maximum absolute atomic E-state index is 12.1. The molecule has 19 heavy (non-hydrogen) atoms. The standard InChI is InChI=1S/C14H25NO4/c1-10(2)19-9-5-7-13(16)15-8-4-6-12(11(15)3)14(17)18/h10-12H,4-9H2,1-3H3,(H,17,18)/t11-,12-/m0/s1. The lowest BCUT2D eigenvalue weighted by atomic mass is 9.90. The van der Waals surface area contributed by atoms with E-state index in [9.17, 15) is 9.59 Å². The van der Waals surface area contributed by atoms with Gasteiger partial charge in [0.2, 0.25) is 5.91 Å². The zero-order valence-corrected chi connectivity index (χ0v) is 12.1. The van der Waals surface area contributed by atoms with Crippen LogP contribution in [0.2, 0.25) is 0 Å². The zero-order chi connectivity index (χ0) is 14.4. The molecular weight excluding hydrogens is 246 g/mol. The number of hydrogen-bond donors (Lipinski definition) is 1. The summed E-state index contributed by atoms with van der Waals surface area (Å²) in [5.41, 5.74) is 0. The number of carbonyl (C=O) groups is 2. The minimum atomic E-state index is -0.798. The van der Waals surface area contributed by atoms with Gasteiger partial charge in [-0.3, -0.25) is 9.59 Å². The van der Waals surface area contributed by atoms with Crippen molar-refractivity contribution in [1.29, 1.82) is 0 Å². The van der Waals surface area contributed by atoms with Crippen molar-refractivity contribution in [3.63, 3.8) is 0 Å². The molecule has 110 valence electrons. The third kappa shape index (κ3) is 4.82. The maximum Gasteiger partial charge on any atom is 0.308 e. The Morgan fingerprint density at radius 1 is 1.42 bits per heavy atom. The number of hydrogen-bond acceptors (Lipinski definition) is 3. The lowest BCUT2D eigenvalue weighted by Gasteiger charge is -2.37. The summed E-state index contributed by atoms with van der Waals surface area (Å²) in [6.07, 6.45) is 2.74. The van der Waals surface area contributed by atoms with Gasteiger partial charge in [-0.15, -0.1) is 0 Å². The van der Waals surface area contributed by atoms with E-state index in [4.69, 9.17) is 9.84 Å². The molecule has 0 aromatic rings. The molecular formula is C14H25NO4. The molecule has 0 unspecified atom stereocenters. The number of carboxylic acids is 1. The predicted octanol–water partition coefficient (Wildman–Crippen LogP) is 1.90. The monoisotopic (exact) mass is 271 g/mol. The average Bonchev–Trinajstić information content (AvgIpc) is 2.34. The number of carbonyl (C=O) groups excluding carboxylic acids is 1. The Labute approximate surface area is 114 Å². The van der Waals surface area contributed by atoms with E-state index in [-0.39, 0.29) is 18.1 Å². The molecule has 2 atom stereocenters. The van der Waals surface area contributed by atoms with E-state index in [0.29, 0.717) is 32.4 Å². The summed E-state index contributed by atoms with van der Waals surface area (Å²) in [6, 6.07) is -0.204. The van der Waals surface area contributed by atoms with Crippen LogP contribution in [0.15, 0.2) is 0 Å². The van der Waals surface area contributed by atoms with Crippen LogP contribution < -0.4 is 0 Å². The van der Waals surface area contributed by atoms with E-state index in [0.717, 1.165) is 6.42 Å². The summed E-state index contributed by atoms with van der Waals surface area (Å²) in [5.74, 6) is -1.18. The van der Waals surface area contributed by atoms with Gasteiger partial charge >= 0.3 is 5.97 Å². The van der Waals surface area contributed by atoms with Gasteiger partial charge in [0, 0.05) is 25.6 Å². The molecule has 0 radical (unpaired) electrons. The molecule has 1 fully saturated rings. The summed E-state index contributed by atoms with van der Waals surface area (Å²) < 4.78 is 5.40. The Morgan fingerprint density at radius 3 is 2.68 bits per heavy atom. The minimum absolute atomic E-state index is 0.0470. The molecule has 0 bridgehead atoms. The van der Waals surface area contributed by atoms with Crippen molar-refractivity contribution in [3.05, 3.63) is 0 Å². The lowest BCUT2D eigenvalue weighted by molar-refractivity contribution is -0.149. The molecule has 5 heteroatoms. The van der Waals surface area contributed by atoms with E-state index < -0.39 is 11.9 Å². The van der Waals surface area contributed by atoms with Gasteiger partial charge in [0.1, 0.15) is 0 Å². The van der Waals surface area contributed by atoms with Crippen molar-refractivity contribution >= 4 is 11.9 Å². The van der Waals surface area contributed by atoms with Crippen LogP contribution in [0.5, 0.6) is 0 Å². The van der Waals surface area contributed by atoms with Gasteiger partial charge in [-0.2, -0.15) is 0 Å². The smallest absolute Gasteiger partial charge is 0.308 e. The number of aliphatic carboxylic acids is 1. The molecule has 0 saturated carbocycles. The molecule has 0 aromatic carbocycles. The van der Waals surface area contributed by atoms with E-state index in [2.05, 4.69) is 0 Å². The van der Waals surface area contributed by atoms with Gasteiger partial charge in [0.25, 0.3) is 0 Å². The van der Waals surface area contributed by atoms with Crippen molar-refractivity contribution in [2.75, 3.05) is 13.2 Å². The van der Waals surface area contributed by atoms with E-state index >= 15 is 0 Å². The summed E-state index contributed by atoms with van der Waals surface area (Å²) in [4.78, 5) is 24.9. The molecule has 1 aliphatic rings. The van der Waals surface area contributed by atoms with Crippen LogP contribution in [0, 0.1) is 5.92 Å². The van der Waals surface area contributed by atoms with Gasteiger partial charge in [0.15, 0.2) is 0 Å². The van der Waals surface area contributed by atoms with E-state index in [1.165, 1.54) is 0 Å². The van der Waals surface area contributed by atoms with Crippen LogP contribution in [0.4, 0.5) is 0 Å². The Kier molecular flexibility index (Phi) is 6.28. The third-order valence-electron chi connectivity index (χ3n) is 3.61. The highest BCUT2D eigenvalue weighted by Crippen LogP contribution is 2.24. The van der Waals surface area contributed by atoms with Crippen molar-refractivity contribution in [2.45, 2.75) is 58.6 Å². The quantitative estimate of drug-likeness (QED) is 0.749. The Morgan fingerprint density at radius 2 is 2.11 bits per heavy atom. The molecule has 0 spiro atoms. The van der Waals surface area contributed by atoms with Crippen LogP contribution in [-0.2, 0) is 14.3 Å². The van der Waals surface area contributed by atoms with Crippen LogP contribution in [-0.4, -0.2) is 47.2 Å². The highest BCUT2D eigenvalue weighted by atomic mass is 16.5. The number of carboxylic acid groups (broad SMARTS) is 1. The Bertz CT molecular complexity index is 317. The first-order chi connectivity index (χ1) is 8.93. The summed E-state index contributed by atoms with van der Waals surface area (Å²) >= 11 is 0. The molecule has 1 amide bonds. The molecule has 0 aliphatic carbocycles. The SMILES string of the molecule is CC(C)OCCCC(=O)N1CCC[C@H](C(=O)O)[C@@H]1C. The number of likely N-dealkylation sites (tertiary alicyclic amines) is 1. The third-order valence-corrected chi connectivity index (χ3v) is 3.61. The largest absolute Gasteiger partial charge is 0.481 e. The lowest BCUT2D eigenvalue weighted by Crippen LogP contribution is -2.49. The number of piperidine rings is 1. The molecule has 1 rings (SSSR count). The van der Waals surface area contributed by atoms with Crippen molar-refractivity contribution in [2.24, 2.45) is 5.92 Å². The van der Waals surface area contributed by atoms with E-state index in [1.807, 2.05) is 20.8 Å². The summed E-state index contributed by atoms with van der Waals surface area (Å²) in [7, 11) is 0. The minimum Gasteiger partial charge on any atom is -0.481 e. The first-order valence-electron chi connectivity index (χ1n) is 7.07. The van der Waals surface area contributed by atoms with Crippen LogP contribution in [0.25, 0.3) is 0 Å². The van der Waals surface area contributed by atoms with E-state index in [1.54, 1.807) is 4.90 Å².